The van der Waals surface area contributed by atoms with Crippen LogP contribution in [0.5, 0.6) is 0 Å². The minimum Gasteiger partial charge on any atom is -0.330 e. The summed E-state index contributed by atoms with van der Waals surface area (Å²) >= 11 is 0. The van der Waals surface area contributed by atoms with Gasteiger partial charge in [0.2, 0.25) is 0 Å². The second-order valence-electron chi connectivity index (χ2n) is 5.48. The molecule has 0 saturated heterocycles. The maximum Gasteiger partial charge on any atom is 0.0894 e. The molecule has 0 aliphatic heterocycles. The average molecular weight is 256 g/mol. The number of hydrogen-bond acceptors (Lipinski definition) is 3. The van der Waals surface area contributed by atoms with Crippen LogP contribution in [0.15, 0.2) is 30.5 Å². The second kappa shape index (κ2) is 4.78. The summed E-state index contributed by atoms with van der Waals surface area (Å²) in [5.41, 5.74) is 9.51. The Morgan fingerprint density at radius 2 is 2.00 bits per heavy atom. The average Bonchev–Trinajstić information content (AvgIpc) is 3.08. The van der Waals surface area contributed by atoms with Gasteiger partial charge in [-0.15, -0.1) is 0 Å². The summed E-state index contributed by atoms with van der Waals surface area (Å²) in [7, 11) is 0. The molecule has 1 saturated carbocycles. The van der Waals surface area contributed by atoms with Gasteiger partial charge in [-0.05, 0) is 31.4 Å². The molecular weight excluding hydrogens is 236 g/mol. The standard InChI is InChI=1S/C15H20N4/c1-12-10-17-19(18-12)14-7-3-2-6-13(14)15(11-16)8-4-5-9-15/h2-3,6-7,10H,4-5,8-9,11,16H2,1H3. The van der Waals surface area contributed by atoms with Crippen molar-refractivity contribution >= 4 is 0 Å². The smallest absolute Gasteiger partial charge is 0.0894 e. The van der Waals surface area contributed by atoms with E-state index in [0.717, 1.165) is 11.4 Å². The van der Waals surface area contributed by atoms with Crippen molar-refractivity contribution in [3.8, 4) is 5.69 Å². The second-order valence-corrected chi connectivity index (χ2v) is 5.48. The largest absolute Gasteiger partial charge is 0.330 e. The van der Waals surface area contributed by atoms with Gasteiger partial charge in [0.15, 0.2) is 0 Å². The van der Waals surface area contributed by atoms with E-state index in [1.54, 1.807) is 11.0 Å². The first kappa shape index (κ1) is 12.4. The summed E-state index contributed by atoms with van der Waals surface area (Å²) in [4.78, 5) is 1.74. The molecule has 0 amide bonds. The molecule has 19 heavy (non-hydrogen) atoms. The van der Waals surface area contributed by atoms with Crippen molar-refractivity contribution in [2.24, 2.45) is 5.73 Å². The minimum absolute atomic E-state index is 0.109. The lowest BCUT2D eigenvalue weighted by Gasteiger charge is -2.29. The fourth-order valence-corrected chi connectivity index (χ4v) is 3.19. The van der Waals surface area contributed by atoms with Crippen molar-refractivity contribution < 1.29 is 0 Å². The molecule has 1 fully saturated rings. The van der Waals surface area contributed by atoms with Gasteiger partial charge in [0.1, 0.15) is 0 Å². The third-order valence-electron chi connectivity index (χ3n) is 4.25. The number of para-hydroxylation sites is 1. The van der Waals surface area contributed by atoms with E-state index in [1.165, 1.54) is 31.2 Å². The van der Waals surface area contributed by atoms with E-state index in [-0.39, 0.29) is 5.41 Å². The highest BCUT2D eigenvalue weighted by atomic mass is 15.5. The molecule has 1 aromatic carbocycles. The number of aromatic nitrogens is 3. The predicted octanol–water partition coefficient (Wildman–Crippen LogP) is 2.35. The van der Waals surface area contributed by atoms with Gasteiger partial charge in [0.25, 0.3) is 0 Å². The van der Waals surface area contributed by atoms with Crippen molar-refractivity contribution in [1.29, 1.82) is 0 Å². The number of benzene rings is 1. The molecule has 1 aromatic heterocycles. The molecule has 0 bridgehead atoms. The minimum atomic E-state index is 0.109. The number of nitrogens with zero attached hydrogens (tertiary/aromatic N) is 3. The molecule has 3 rings (SSSR count). The van der Waals surface area contributed by atoms with Crippen LogP contribution in [-0.2, 0) is 5.41 Å². The van der Waals surface area contributed by atoms with Gasteiger partial charge >= 0.3 is 0 Å². The fraction of sp³-hybridized carbons (Fsp3) is 0.467. The predicted molar refractivity (Wildman–Crippen MR) is 75.3 cm³/mol. The Bertz CT molecular complexity index is 567. The number of nitrogens with two attached hydrogens (primary N) is 1. The lowest BCUT2D eigenvalue weighted by Crippen LogP contribution is -2.33. The van der Waals surface area contributed by atoms with E-state index < -0.39 is 0 Å². The normalized spacial score (nSPS) is 17.8. The van der Waals surface area contributed by atoms with Crippen LogP contribution in [0.1, 0.15) is 36.9 Å². The molecule has 2 aromatic rings. The van der Waals surface area contributed by atoms with Gasteiger partial charge in [-0.3, -0.25) is 0 Å². The Morgan fingerprint density at radius 1 is 1.26 bits per heavy atom. The van der Waals surface area contributed by atoms with Crippen molar-refractivity contribution in [3.63, 3.8) is 0 Å². The highest BCUT2D eigenvalue weighted by Crippen LogP contribution is 2.42. The number of rotatable bonds is 3. The van der Waals surface area contributed by atoms with Crippen LogP contribution >= 0.6 is 0 Å². The van der Waals surface area contributed by atoms with Crippen LogP contribution in [0.3, 0.4) is 0 Å². The maximum atomic E-state index is 6.10. The maximum absolute atomic E-state index is 6.10. The molecule has 1 heterocycles. The molecule has 4 heteroatoms. The SMILES string of the molecule is Cc1cnn(-c2ccccc2C2(CN)CCCC2)n1. The number of hydrogen-bond donors (Lipinski definition) is 1. The lowest BCUT2D eigenvalue weighted by molar-refractivity contribution is 0.448. The van der Waals surface area contributed by atoms with Gasteiger partial charge in [-0.2, -0.15) is 15.0 Å². The Balaban J connectivity index is 2.11. The summed E-state index contributed by atoms with van der Waals surface area (Å²) < 4.78 is 0. The summed E-state index contributed by atoms with van der Waals surface area (Å²) in [5, 5.41) is 8.79. The van der Waals surface area contributed by atoms with Crippen molar-refractivity contribution in [2.45, 2.75) is 38.0 Å². The van der Waals surface area contributed by atoms with Crippen LogP contribution in [0.2, 0.25) is 0 Å². The number of aryl methyl sites for hydroxylation is 1. The Kier molecular flexibility index (Phi) is 3.11. The van der Waals surface area contributed by atoms with Crippen LogP contribution in [0.25, 0.3) is 5.69 Å². The Labute approximate surface area is 113 Å². The molecule has 100 valence electrons. The van der Waals surface area contributed by atoms with E-state index in [4.69, 9.17) is 5.73 Å². The third-order valence-corrected chi connectivity index (χ3v) is 4.25. The third kappa shape index (κ3) is 2.06. The van der Waals surface area contributed by atoms with E-state index in [2.05, 4.69) is 28.4 Å². The lowest BCUT2D eigenvalue weighted by atomic mass is 9.78. The van der Waals surface area contributed by atoms with Crippen LogP contribution in [-0.4, -0.2) is 21.5 Å². The van der Waals surface area contributed by atoms with Gasteiger partial charge < -0.3 is 5.73 Å². The van der Waals surface area contributed by atoms with Gasteiger partial charge in [-0.25, -0.2) is 0 Å². The molecule has 0 spiro atoms. The Hall–Kier alpha value is -1.68. The highest BCUT2D eigenvalue weighted by molar-refractivity contribution is 5.45. The van der Waals surface area contributed by atoms with Crippen molar-refractivity contribution in [3.05, 3.63) is 41.7 Å². The zero-order valence-electron chi connectivity index (χ0n) is 11.3. The highest BCUT2D eigenvalue weighted by Gasteiger charge is 2.36. The molecule has 1 aliphatic rings. The van der Waals surface area contributed by atoms with Crippen LogP contribution < -0.4 is 5.73 Å². The van der Waals surface area contributed by atoms with Gasteiger partial charge in [0.05, 0.1) is 17.6 Å². The van der Waals surface area contributed by atoms with Crippen LogP contribution in [0, 0.1) is 6.92 Å². The van der Waals surface area contributed by atoms with E-state index in [0.29, 0.717) is 6.54 Å². The summed E-state index contributed by atoms with van der Waals surface area (Å²) in [6.07, 6.45) is 6.65. The molecule has 0 atom stereocenters. The van der Waals surface area contributed by atoms with Crippen molar-refractivity contribution in [1.82, 2.24) is 15.0 Å². The summed E-state index contributed by atoms with van der Waals surface area (Å²) in [6, 6.07) is 8.40. The molecule has 1 aliphatic carbocycles. The molecular formula is C15H20N4. The monoisotopic (exact) mass is 256 g/mol. The zero-order valence-corrected chi connectivity index (χ0v) is 11.3. The quantitative estimate of drug-likeness (QED) is 0.917. The first-order chi connectivity index (χ1) is 9.25. The molecule has 0 radical (unpaired) electrons. The first-order valence-electron chi connectivity index (χ1n) is 6.94. The molecule has 0 unspecified atom stereocenters. The molecule has 4 nitrogen and oxygen atoms in total. The zero-order chi connectivity index (χ0) is 13.3. The first-order valence-corrected chi connectivity index (χ1v) is 6.94. The summed E-state index contributed by atoms with van der Waals surface area (Å²) in [5.74, 6) is 0. The van der Waals surface area contributed by atoms with Crippen molar-refractivity contribution in [2.75, 3.05) is 6.54 Å². The van der Waals surface area contributed by atoms with E-state index >= 15 is 0 Å². The summed E-state index contributed by atoms with van der Waals surface area (Å²) in [6.45, 7) is 2.66. The van der Waals surface area contributed by atoms with E-state index in [1.807, 2.05) is 13.0 Å². The fourth-order valence-electron chi connectivity index (χ4n) is 3.19. The van der Waals surface area contributed by atoms with Gasteiger partial charge in [0, 0.05) is 12.0 Å². The Morgan fingerprint density at radius 3 is 2.63 bits per heavy atom. The van der Waals surface area contributed by atoms with Gasteiger partial charge in [-0.1, -0.05) is 31.0 Å². The van der Waals surface area contributed by atoms with E-state index in [9.17, 15) is 0 Å². The van der Waals surface area contributed by atoms with Crippen LogP contribution in [0.4, 0.5) is 0 Å². The topological polar surface area (TPSA) is 56.7 Å². The molecule has 2 N–H and O–H groups in total.